The third-order valence-corrected chi connectivity index (χ3v) is 7.45. The lowest BCUT2D eigenvalue weighted by molar-refractivity contribution is -0.134. The SMILES string of the molecule is O=C(Cc1ccccc1)N1CCCC[C@@H]1c1cc2nc3c(c(=O)n2[nH]1)CN(CC1CC1)CC3. The number of aromatic amines is 1. The molecule has 1 aromatic carbocycles. The molecule has 4 heterocycles. The molecule has 1 saturated carbocycles. The molecule has 2 aromatic heterocycles. The van der Waals surface area contributed by atoms with Crippen molar-refractivity contribution in [2.45, 2.75) is 57.5 Å². The average molecular weight is 446 g/mol. The Morgan fingerprint density at radius 2 is 1.94 bits per heavy atom. The van der Waals surface area contributed by atoms with Crippen molar-refractivity contribution in [2.75, 3.05) is 19.6 Å². The number of hydrogen-bond acceptors (Lipinski definition) is 4. The summed E-state index contributed by atoms with van der Waals surface area (Å²) in [7, 11) is 0. The number of fused-ring (bicyclic) bond motifs is 2. The van der Waals surface area contributed by atoms with E-state index in [-0.39, 0.29) is 17.5 Å². The minimum absolute atomic E-state index is 0.0136. The number of piperidine rings is 1. The number of benzene rings is 1. The van der Waals surface area contributed by atoms with Crippen LogP contribution >= 0.6 is 0 Å². The standard InChI is InChI=1S/C26H31N5O2/c32-25(14-18-6-2-1-3-7-18)30-12-5-4-8-23(30)22-15-24-27-21-11-13-29(16-19-9-10-19)17-20(21)26(33)31(24)28-22/h1-3,6-7,15,19,23,28H,4-5,8-14,16-17H2/t23-/m1/s1. The predicted octanol–water partition coefficient (Wildman–Crippen LogP) is 3.09. The number of amides is 1. The van der Waals surface area contributed by atoms with Gasteiger partial charge in [-0.15, -0.1) is 0 Å². The Morgan fingerprint density at radius 3 is 2.76 bits per heavy atom. The van der Waals surface area contributed by atoms with Crippen LogP contribution in [0.1, 0.15) is 60.7 Å². The molecule has 7 nitrogen and oxygen atoms in total. The maximum atomic E-state index is 13.4. The molecule has 7 heteroatoms. The summed E-state index contributed by atoms with van der Waals surface area (Å²) in [6.45, 7) is 3.52. The molecule has 1 aliphatic carbocycles. The maximum absolute atomic E-state index is 13.4. The van der Waals surface area contributed by atoms with Crippen LogP contribution in [0.25, 0.3) is 5.65 Å². The Hall–Kier alpha value is -2.93. The highest BCUT2D eigenvalue weighted by molar-refractivity contribution is 5.79. The van der Waals surface area contributed by atoms with Crippen LogP contribution in [0.4, 0.5) is 0 Å². The Bertz CT molecular complexity index is 1230. The molecule has 1 saturated heterocycles. The van der Waals surface area contributed by atoms with E-state index in [0.717, 1.165) is 73.8 Å². The van der Waals surface area contributed by atoms with Gasteiger partial charge in [-0.3, -0.25) is 19.6 Å². The maximum Gasteiger partial charge on any atom is 0.277 e. The fourth-order valence-corrected chi connectivity index (χ4v) is 5.47. The molecular formula is C26H31N5O2. The number of nitrogens with one attached hydrogen (secondary N) is 1. The van der Waals surface area contributed by atoms with Gasteiger partial charge in [-0.25, -0.2) is 9.50 Å². The van der Waals surface area contributed by atoms with E-state index < -0.39 is 0 Å². The summed E-state index contributed by atoms with van der Waals surface area (Å²) in [5, 5.41) is 3.33. The topological polar surface area (TPSA) is 73.7 Å². The Morgan fingerprint density at radius 1 is 1.09 bits per heavy atom. The molecule has 0 unspecified atom stereocenters. The van der Waals surface area contributed by atoms with E-state index >= 15 is 0 Å². The molecule has 1 atom stereocenters. The monoisotopic (exact) mass is 445 g/mol. The first-order valence-corrected chi connectivity index (χ1v) is 12.3. The highest BCUT2D eigenvalue weighted by Crippen LogP contribution is 2.32. The molecule has 6 rings (SSSR count). The number of H-pyrrole nitrogens is 1. The van der Waals surface area contributed by atoms with Gasteiger partial charge in [0.1, 0.15) is 0 Å². The third-order valence-electron chi connectivity index (χ3n) is 7.45. The molecule has 3 aromatic rings. The van der Waals surface area contributed by atoms with Crippen molar-refractivity contribution in [3.8, 4) is 0 Å². The molecule has 1 amide bonds. The minimum Gasteiger partial charge on any atom is -0.334 e. The van der Waals surface area contributed by atoms with Gasteiger partial charge in [-0.05, 0) is 43.6 Å². The fraction of sp³-hybridized carbons (Fsp3) is 0.500. The van der Waals surface area contributed by atoms with Crippen LogP contribution in [0.2, 0.25) is 0 Å². The highest BCUT2D eigenvalue weighted by atomic mass is 16.2. The first kappa shape index (κ1) is 20.7. The second kappa shape index (κ2) is 8.45. The van der Waals surface area contributed by atoms with Gasteiger partial charge in [0, 0.05) is 38.7 Å². The van der Waals surface area contributed by atoms with Crippen LogP contribution in [-0.2, 0) is 24.2 Å². The van der Waals surface area contributed by atoms with Crippen molar-refractivity contribution < 1.29 is 4.79 Å². The molecule has 1 N–H and O–H groups in total. The number of aromatic nitrogens is 3. The van der Waals surface area contributed by atoms with Crippen molar-refractivity contribution in [3.63, 3.8) is 0 Å². The van der Waals surface area contributed by atoms with Crippen molar-refractivity contribution in [3.05, 3.63) is 69.3 Å². The first-order chi connectivity index (χ1) is 16.2. The zero-order valence-corrected chi connectivity index (χ0v) is 19.0. The largest absolute Gasteiger partial charge is 0.334 e. The van der Waals surface area contributed by atoms with Crippen LogP contribution in [-0.4, -0.2) is 49.9 Å². The van der Waals surface area contributed by atoms with Crippen molar-refractivity contribution in [1.82, 2.24) is 24.4 Å². The molecule has 0 spiro atoms. The summed E-state index contributed by atoms with van der Waals surface area (Å²) in [5.74, 6) is 0.952. The van der Waals surface area contributed by atoms with Crippen LogP contribution in [0.15, 0.2) is 41.2 Å². The highest BCUT2D eigenvalue weighted by Gasteiger charge is 2.31. The summed E-state index contributed by atoms with van der Waals surface area (Å²) < 4.78 is 1.60. The van der Waals surface area contributed by atoms with Gasteiger partial charge in [0.25, 0.3) is 5.56 Å². The number of likely N-dealkylation sites (tertiary alicyclic amines) is 1. The Balaban J connectivity index is 1.28. The lowest BCUT2D eigenvalue weighted by Gasteiger charge is -2.35. The van der Waals surface area contributed by atoms with Crippen molar-refractivity contribution in [2.24, 2.45) is 5.92 Å². The normalized spacial score (nSPS) is 21.3. The van der Waals surface area contributed by atoms with E-state index in [4.69, 9.17) is 4.98 Å². The molecule has 0 radical (unpaired) electrons. The van der Waals surface area contributed by atoms with E-state index in [1.54, 1.807) is 4.52 Å². The molecule has 2 fully saturated rings. The van der Waals surface area contributed by atoms with Crippen molar-refractivity contribution >= 4 is 11.6 Å². The van der Waals surface area contributed by atoms with Gasteiger partial charge in [-0.2, -0.15) is 0 Å². The number of carbonyl (C=O) groups excluding carboxylic acids is 1. The smallest absolute Gasteiger partial charge is 0.277 e. The Kier molecular flexibility index (Phi) is 5.29. The van der Waals surface area contributed by atoms with E-state index in [0.29, 0.717) is 18.6 Å². The third kappa shape index (κ3) is 4.10. The van der Waals surface area contributed by atoms with Crippen LogP contribution in [0.5, 0.6) is 0 Å². The zero-order valence-electron chi connectivity index (χ0n) is 19.0. The predicted molar refractivity (Wildman–Crippen MR) is 126 cm³/mol. The van der Waals surface area contributed by atoms with Gasteiger partial charge in [-0.1, -0.05) is 30.3 Å². The van der Waals surface area contributed by atoms with Gasteiger partial charge < -0.3 is 4.90 Å². The lowest BCUT2D eigenvalue weighted by atomic mass is 9.98. The van der Waals surface area contributed by atoms with Crippen LogP contribution in [0, 0.1) is 5.92 Å². The minimum atomic E-state index is -0.0422. The van der Waals surface area contributed by atoms with Gasteiger partial charge >= 0.3 is 0 Å². The zero-order chi connectivity index (χ0) is 22.4. The molecule has 172 valence electrons. The molecular weight excluding hydrogens is 414 g/mol. The average Bonchev–Trinajstić information content (AvgIpc) is 3.55. The number of rotatable bonds is 5. The van der Waals surface area contributed by atoms with Crippen LogP contribution < -0.4 is 5.56 Å². The number of carbonyl (C=O) groups is 1. The molecule has 0 bridgehead atoms. The second-order valence-electron chi connectivity index (χ2n) is 9.94. The van der Waals surface area contributed by atoms with Crippen LogP contribution in [0.3, 0.4) is 0 Å². The fourth-order valence-electron chi connectivity index (χ4n) is 5.47. The number of hydrogen-bond donors (Lipinski definition) is 1. The lowest BCUT2D eigenvalue weighted by Crippen LogP contribution is -2.39. The summed E-state index contributed by atoms with van der Waals surface area (Å²) >= 11 is 0. The molecule has 33 heavy (non-hydrogen) atoms. The molecule has 2 aliphatic heterocycles. The summed E-state index contributed by atoms with van der Waals surface area (Å²) in [6, 6.07) is 11.9. The first-order valence-electron chi connectivity index (χ1n) is 12.3. The van der Waals surface area contributed by atoms with E-state index in [2.05, 4.69) is 10.00 Å². The second-order valence-corrected chi connectivity index (χ2v) is 9.94. The van der Waals surface area contributed by atoms with E-state index in [1.807, 2.05) is 41.3 Å². The van der Waals surface area contributed by atoms with Crippen molar-refractivity contribution in [1.29, 1.82) is 0 Å². The van der Waals surface area contributed by atoms with E-state index in [9.17, 15) is 9.59 Å². The van der Waals surface area contributed by atoms with E-state index in [1.165, 1.54) is 12.8 Å². The van der Waals surface area contributed by atoms with Gasteiger partial charge in [0.05, 0.1) is 29.4 Å². The molecule has 3 aliphatic rings. The van der Waals surface area contributed by atoms with Gasteiger partial charge in [0.15, 0.2) is 5.65 Å². The summed E-state index contributed by atoms with van der Waals surface area (Å²) in [6.07, 6.45) is 6.86. The quantitative estimate of drug-likeness (QED) is 0.655. The van der Waals surface area contributed by atoms with Gasteiger partial charge in [0.2, 0.25) is 5.91 Å². The Labute approximate surface area is 193 Å². The number of nitrogens with zero attached hydrogens (tertiary/aromatic N) is 4. The summed E-state index contributed by atoms with van der Waals surface area (Å²) in [4.78, 5) is 35.8. The summed E-state index contributed by atoms with van der Waals surface area (Å²) in [5.41, 5.74) is 4.40.